The molecule has 1 heterocycles. The Balaban J connectivity index is 2.89. The molecule has 2 aromatic rings. The summed E-state index contributed by atoms with van der Waals surface area (Å²) >= 11 is 0. The summed E-state index contributed by atoms with van der Waals surface area (Å²) in [7, 11) is 0. The molecule has 2 rings (SSSR count). The fraction of sp³-hybridized carbons (Fsp3) is 0. The zero-order valence-electron chi connectivity index (χ0n) is 5.15. The number of hydrogen-bond donors (Lipinski definition) is 0. The molecule has 0 atom stereocenters. The average molecular weight is 130 g/mol. The van der Waals surface area contributed by atoms with Gasteiger partial charge in [0.1, 0.15) is 6.20 Å². The first-order valence-electron chi connectivity index (χ1n) is 2.92. The molecule has 1 aromatic carbocycles. The Kier molecular flexibility index (Phi) is 1.07. The Bertz CT molecular complexity index is 280. The summed E-state index contributed by atoms with van der Waals surface area (Å²) in [5.41, 5.74) is 0.831. The molecule has 0 amide bonds. The van der Waals surface area contributed by atoms with Gasteiger partial charge in [0, 0.05) is 5.39 Å². The van der Waals surface area contributed by atoms with Crippen molar-refractivity contribution >= 4 is 10.9 Å². The summed E-state index contributed by atoms with van der Waals surface area (Å²) in [5.74, 6) is 0. The summed E-state index contributed by atoms with van der Waals surface area (Å²) in [5, 5.41) is 11.7. The minimum atomic E-state index is 0.831. The van der Waals surface area contributed by atoms with E-state index in [1.807, 2.05) is 24.3 Å². The Morgan fingerprint density at radius 1 is 1.20 bits per heavy atom. The van der Waals surface area contributed by atoms with E-state index in [0.29, 0.717) is 0 Å². The van der Waals surface area contributed by atoms with Gasteiger partial charge in [0.15, 0.2) is 0 Å². The van der Waals surface area contributed by atoms with Gasteiger partial charge in [-0.15, -0.1) is 10.2 Å². The Labute approximate surface area is 57.7 Å². The van der Waals surface area contributed by atoms with E-state index in [2.05, 4.69) is 21.6 Å². The van der Waals surface area contributed by atoms with Crippen LogP contribution >= 0.6 is 0 Å². The van der Waals surface area contributed by atoms with Gasteiger partial charge in [0.05, 0.1) is 5.52 Å². The zero-order chi connectivity index (χ0) is 6.81. The molecular weight excluding hydrogens is 126 g/mol. The average Bonchev–Trinajstić information content (AvgIpc) is 2.05. The van der Waals surface area contributed by atoms with Crippen molar-refractivity contribution in [1.29, 1.82) is 0 Å². The summed E-state index contributed by atoms with van der Waals surface area (Å²) in [6, 6.07) is 7.60. The van der Waals surface area contributed by atoms with Gasteiger partial charge in [-0.2, -0.15) is 0 Å². The molecule has 10 heavy (non-hydrogen) atoms. The van der Waals surface area contributed by atoms with Crippen molar-refractivity contribution in [3.05, 3.63) is 30.5 Å². The smallest absolute Gasteiger partial charge is 0.125 e. The second-order valence-corrected chi connectivity index (χ2v) is 1.92. The summed E-state index contributed by atoms with van der Waals surface area (Å²) in [6.45, 7) is 0. The minimum absolute atomic E-state index is 0.831. The van der Waals surface area contributed by atoms with Crippen LogP contribution in [0.25, 0.3) is 10.9 Å². The molecule has 0 spiro atoms. The van der Waals surface area contributed by atoms with Crippen molar-refractivity contribution in [2.45, 2.75) is 0 Å². The number of fused-ring (bicyclic) bond motifs is 1. The third-order valence-electron chi connectivity index (χ3n) is 1.27. The zero-order valence-corrected chi connectivity index (χ0v) is 5.15. The van der Waals surface area contributed by atoms with Crippen LogP contribution in [-0.4, -0.2) is 15.4 Å². The van der Waals surface area contributed by atoms with E-state index in [4.69, 9.17) is 0 Å². The molecule has 0 aliphatic rings. The molecule has 0 fully saturated rings. The molecule has 0 saturated carbocycles. The van der Waals surface area contributed by atoms with E-state index in [0.717, 1.165) is 10.9 Å². The fourth-order valence-corrected chi connectivity index (χ4v) is 0.802. The molecule has 1 radical (unpaired) electrons. The maximum absolute atomic E-state index is 3.79. The molecule has 0 aliphatic heterocycles. The molecule has 0 bridgehead atoms. The van der Waals surface area contributed by atoms with Gasteiger partial charge in [0.2, 0.25) is 0 Å². The quantitative estimate of drug-likeness (QED) is 0.530. The molecule has 0 saturated heterocycles. The maximum atomic E-state index is 3.79. The van der Waals surface area contributed by atoms with E-state index in [-0.39, 0.29) is 0 Å². The van der Waals surface area contributed by atoms with Crippen LogP contribution in [0.15, 0.2) is 24.3 Å². The third kappa shape index (κ3) is 0.719. The highest BCUT2D eigenvalue weighted by atomic mass is 15.3. The molecule has 47 valence electrons. The van der Waals surface area contributed by atoms with E-state index >= 15 is 0 Å². The van der Waals surface area contributed by atoms with Crippen molar-refractivity contribution in [2.24, 2.45) is 0 Å². The van der Waals surface area contributed by atoms with Gasteiger partial charge in [-0.1, -0.05) is 18.2 Å². The van der Waals surface area contributed by atoms with Crippen LogP contribution in [-0.2, 0) is 0 Å². The van der Waals surface area contributed by atoms with Crippen LogP contribution < -0.4 is 0 Å². The van der Waals surface area contributed by atoms with Crippen LogP contribution in [0.1, 0.15) is 0 Å². The van der Waals surface area contributed by atoms with Gasteiger partial charge < -0.3 is 0 Å². The van der Waals surface area contributed by atoms with E-state index in [1.54, 1.807) is 0 Å². The highest BCUT2D eigenvalue weighted by molar-refractivity contribution is 5.75. The van der Waals surface area contributed by atoms with Crippen LogP contribution in [0.2, 0.25) is 0 Å². The van der Waals surface area contributed by atoms with Gasteiger partial charge in [0.25, 0.3) is 0 Å². The van der Waals surface area contributed by atoms with Crippen LogP contribution in [0, 0.1) is 6.20 Å². The first kappa shape index (κ1) is 5.29. The second-order valence-electron chi connectivity index (χ2n) is 1.92. The van der Waals surface area contributed by atoms with Crippen molar-refractivity contribution in [3.8, 4) is 0 Å². The van der Waals surface area contributed by atoms with Crippen LogP contribution in [0.3, 0.4) is 0 Å². The molecule has 1 aromatic heterocycles. The van der Waals surface area contributed by atoms with Crippen LogP contribution in [0.5, 0.6) is 0 Å². The SMILES string of the molecule is [c]1nnnc2ccccc12. The van der Waals surface area contributed by atoms with E-state index in [9.17, 15) is 0 Å². The fourth-order valence-electron chi connectivity index (χ4n) is 0.802. The predicted molar refractivity (Wildman–Crippen MR) is 36.2 cm³/mol. The van der Waals surface area contributed by atoms with Crippen LogP contribution in [0.4, 0.5) is 0 Å². The lowest BCUT2D eigenvalue weighted by molar-refractivity contribution is 0.890. The molecular formula is C7H4N3. The maximum Gasteiger partial charge on any atom is 0.125 e. The normalized spacial score (nSPS) is 10.0. The standard InChI is InChI=1S/C7H4N3/c1-2-4-7-6(3-1)5-8-10-9-7/h1-4H. The number of rotatable bonds is 0. The molecule has 3 heteroatoms. The lowest BCUT2D eigenvalue weighted by Gasteiger charge is -1.88. The molecule has 0 unspecified atom stereocenters. The number of nitrogens with zero attached hydrogens (tertiary/aromatic N) is 3. The van der Waals surface area contributed by atoms with Crippen molar-refractivity contribution < 1.29 is 0 Å². The van der Waals surface area contributed by atoms with E-state index in [1.165, 1.54) is 0 Å². The highest BCUT2D eigenvalue weighted by Gasteiger charge is 1.89. The Hall–Kier alpha value is -1.51. The summed E-state index contributed by atoms with van der Waals surface area (Å²) in [6.07, 6.45) is 2.73. The van der Waals surface area contributed by atoms with Crippen molar-refractivity contribution in [1.82, 2.24) is 15.4 Å². The lowest BCUT2D eigenvalue weighted by atomic mass is 10.2. The Morgan fingerprint density at radius 2 is 2.10 bits per heavy atom. The molecule has 0 N–H and O–H groups in total. The van der Waals surface area contributed by atoms with Gasteiger partial charge in [-0.05, 0) is 11.3 Å². The summed E-state index contributed by atoms with van der Waals surface area (Å²) < 4.78 is 0. The first-order chi connectivity index (χ1) is 4.97. The van der Waals surface area contributed by atoms with E-state index < -0.39 is 0 Å². The largest absolute Gasteiger partial charge is 0.130 e. The lowest BCUT2D eigenvalue weighted by Crippen LogP contribution is -1.85. The molecule has 0 aliphatic carbocycles. The van der Waals surface area contributed by atoms with Crippen molar-refractivity contribution in [3.63, 3.8) is 0 Å². The third-order valence-corrected chi connectivity index (χ3v) is 1.27. The first-order valence-corrected chi connectivity index (χ1v) is 2.92. The number of aromatic nitrogens is 3. The monoisotopic (exact) mass is 130 g/mol. The predicted octanol–water partition coefficient (Wildman–Crippen LogP) is 0.825. The number of benzene rings is 1. The van der Waals surface area contributed by atoms with Gasteiger partial charge >= 0.3 is 0 Å². The topological polar surface area (TPSA) is 38.7 Å². The number of hydrogen-bond acceptors (Lipinski definition) is 3. The van der Waals surface area contributed by atoms with Crippen molar-refractivity contribution in [2.75, 3.05) is 0 Å². The minimum Gasteiger partial charge on any atom is -0.130 e. The van der Waals surface area contributed by atoms with Gasteiger partial charge in [-0.25, -0.2) is 0 Å². The summed E-state index contributed by atoms with van der Waals surface area (Å²) in [4.78, 5) is 0. The highest BCUT2D eigenvalue weighted by Crippen LogP contribution is 2.04. The second kappa shape index (κ2) is 2.02. The Morgan fingerprint density at radius 3 is 3.00 bits per heavy atom. The van der Waals surface area contributed by atoms with Gasteiger partial charge in [-0.3, -0.25) is 0 Å². The molecule has 3 nitrogen and oxygen atoms in total.